The predicted octanol–water partition coefficient (Wildman–Crippen LogP) is 3.59. The molecule has 0 fully saturated rings. The number of benzene rings is 2. The number of rotatable bonds is 3. The van der Waals surface area contributed by atoms with Gasteiger partial charge in [-0.15, -0.1) is 0 Å². The lowest BCUT2D eigenvalue weighted by atomic mass is 9.99. The summed E-state index contributed by atoms with van der Waals surface area (Å²) in [7, 11) is 0. The lowest BCUT2D eigenvalue weighted by Gasteiger charge is -2.07. The summed E-state index contributed by atoms with van der Waals surface area (Å²) in [6.07, 6.45) is 0.494. The van der Waals surface area contributed by atoms with E-state index in [4.69, 9.17) is 4.42 Å². The largest absolute Gasteiger partial charge is 0.460 e. The molecule has 3 heteroatoms. The molecular formula is C18H14O3. The number of hydrogen-bond donors (Lipinski definition) is 0. The second-order valence-electron chi connectivity index (χ2n) is 4.77. The van der Waals surface area contributed by atoms with Crippen LogP contribution in [0.5, 0.6) is 0 Å². The molecule has 1 heterocycles. The quantitative estimate of drug-likeness (QED) is 0.688. The van der Waals surface area contributed by atoms with Crippen LogP contribution in [0.1, 0.15) is 28.6 Å². The van der Waals surface area contributed by atoms with Gasteiger partial charge in [0.25, 0.3) is 0 Å². The Kier molecular flexibility index (Phi) is 3.40. The second-order valence-corrected chi connectivity index (χ2v) is 4.77. The molecule has 0 aliphatic rings. The molecule has 3 rings (SSSR count). The van der Waals surface area contributed by atoms with E-state index in [0.29, 0.717) is 28.7 Å². The Labute approximate surface area is 121 Å². The maximum Gasteiger partial charge on any atom is 0.204 e. The normalized spacial score (nSPS) is 10.7. The van der Waals surface area contributed by atoms with Crippen molar-refractivity contribution < 1.29 is 9.21 Å². The molecule has 0 aliphatic heterocycles. The number of para-hydroxylation sites is 1. The number of carbonyl (C=O) groups excluding carboxylic acids is 1. The van der Waals surface area contributed by atoms with Gasteiger partial charge >= 0.3 is 0 Å². The van der Waals surface area contributed by atoms with Crippen LogP contribution in [0.4, 0.5) is 0 Å². The number of ketones is 1. The third kappa shape index (κ3) is 2.27. The summed E-state index contributed by atoms with van der Waals surface area (Å²) in [4.78, 5) is 25.3. The van der Waals surface area contributed by atoms with Crippen molar-refractivity contribution in [2.45, 2.75) is 13.3 Å². The van der Waals surface area contributed by atoms with Gasteiger partial charge in [0.2, 0.25) is 5.43 Å². The maximum atomic E-state index is 12.6. The van der Waals surface area contributed by atoms with Crippen molar-refractivity contribution in [3.8, 4) is 0 Å². The van der Waals surface area contributed by atoms with Crippen molar-refractivity contribution in [2.24, 2.45) is 0 Å². The fourth-order valence-corrected chi connectivity index (χ4v) is 2.40. The van der Waals surface area contributed by atoms with Crippen LogP contribution in [-0.4, -0.2) is 5.78 Å². The molecule has 21 heavy (non-hydrogen) atoms. The highest BCUT2D eigenvalue weighted by atomic mass is 16.3. The van der Waals surface area contributed by atoms with Crippen LogP contribution in [0.25, 0.3) is 11.0 Å². The predicted molar refractivity (Wildman–Crippen MR) is 81.7 cm³/mol. The van der Waals surface area contributed by atoms with E-state index in [2.05, 4.69) is 0 Å². The van der Waals surface area contributed by atoms with Gasteiger partial charge in [0.1, 0.15) is 16.9 Å². The van der Waals surface area contributed by atoms with Crippen molar-refractivity contribution in [3.63, 3.8) is 0 Å². The first-order chi connectivity index (χ1) is 10.2. The van der Waals surface area contributed by atoms with Gasteiger partial charge < -0.3 is 4.42 Å². The molecule has 0 N–H and O–H groups in total. The van der Waals surface area contributed by atoms with Crippen LogP contribution < -0.4 is 5.43 Å². The summed E-state index contributed by atoms with van der Waals surface area (Å²) in [6.45, 7) is 1.87. The minimum Gasteiger partial charge on any atom is -0.460 e. The highest BCUT2D eigenvalue weighted by Crippen LogP contribution is 2.18. The van der Waals surface area contributed by atoms with Gasteiger partial charge in [-0.2, -0.15) is 0 Å². The highest BCUT2D eigenvalue weighted by Gasteiger charge is 2.20. The van der Waals surface area contributed by atoms with Crippen LogP contribution in [0, 0.1) is 0 Å². The summed E-state index contributed by atoms with van der Waals surface area (Å²) >= 11 is 0. The standard InChI is InChI=1S/C18H14O3/c1-2-14-16(17(19)12-8-4-3-5-9-12)18(20)13-10-6-7-11-15(13)21-14/h3-11H,2H2,1H3. The molecule has 3 nitrogen and oxygen atoms in total. The summed E-state index contributed by atoms with van der Waals surface area (Å²) in [6, 6.07) is 15.8. The Bertz CT molecular complexity index is 861. The number of fused-ring (bicyclic) bond motifs is 1. The monoisotopic (exact) mass is 278 g/mol. The van der Waals surface area contributed by atoms with Crippen molar-refractivity contribution >= 4 is 16.8 Å². The van der Waals surface area contributed by atoms with E-state index in [1.807, 2.05) is 19.1 Å². The van der Waals surface area contributed by atoms with Crippen LogP contribution >= 0.6 is 0 Å². The molecule has 0 atom stereocenters. The van der Waals surface area contributed by atoms with E-state index in [1.54, 1.807) is 42.5 Å². The minimum atomic E-state index is -0.285. The summed E-state index contributed by atoms with van der Waals surface area (Å²) in [5, 5.41) is 0.439. The Hall–Kier alpha value is -2.68. The van der Waals surface area contributed by atoms with E-state index >= 15 is 0 Å². The van der Waals surface area contributed by atoms with Gasteiger partial charge in [-0.1, -0.05) is 49.4 Å². The molecular weight excluding hydrogens is 264 g/mol. The van der Waals surface area contributed by atoms with E-state index in [9.17, 15) is 9.59 Å². The Morgan fingerprint density at radius 2 is 1.67 bits per heavy atom. The zero-order valence-corrected chi connectivity index (χ0v) is 11.6. The van der Waals surface area contributed by atoms with Gasteiger partial charge in [0, 0.05) is 12.0 Å². The van der Waals surface area contributed by atoms with Gasteiger partial charge in [-0.3, -0.25) is 9.59 Å². The van der Waals surface area contributed by atoms with Crippen LogP contribution in [-0.2, 0) is 6.42 Å². The zero-order valence-electron chi connectivity index (χ0n) is 11.6. The molecule has 0 amide bonds. The van der Waals surface area contributed by atoms with Crippen molar-refractivity contribution in [1.82, 2.24) is 0 Å². The Morgan fingerprint density at radius 1 is 1.00 bits per heavy atom. The van der Waals surface area contributed by atoms with Crippen molar-refractivity contribution in [3.05, 3.63) is 81.7 Å². The topological polar surface area (TPSA) is 47.3 Å². The molecule has 0 bridgehead atoms. The average molecular weight is 278 g/mol. The van der Waals surface area contributed by atoms with E-state index < -0.39 is 0 Å². The second kappa shape index (κ2) is 5.37. The third-order valence-corrected chi connectivity index (χ3v) is 3.45. The van der Waals surface area contributed by atoms with E-state index in [1.165, 1.54) is 0 Å². The summed E-state index contributed by atoms with van der Waals surface area (Å²) in [5.41, 5.74) is 0.892. The lowest BCUT2D eigenvalue weighted by Crippen LogP contribution is -2.19. The van der Waals surface area contributed by atoms with Crippen LogP contribution in [0.3, 0.4) is 0 Å². The Morgan fingerprint density at radius 3 is 2.38 bits per heavy atom. The molecule has 0 aliphatic carbocycles. The first-order valence-electron chi connectivity index (χ1n) is 6.87. The first kappa shape index (κ1) is 13.3. The molecule has 0 unspecified atom stereocenters. The number of aryl methyl sites for hydroxylation is 1. The summed E-state index contributed by atoms with van der Waals surface area (Å²) in [5.74, 6) is 0.152. The molecule has 1 aromatic heterocycles. The number of carbonyl (C=O) groups is 1. The smallest absolute Gasteiger partial charge is 0.204 e. The maximum absolute atomic E-state index is 12.6. The van der Waals surface area contributed by atoms with Gasteiger partial charge in [-0.05, 0) is 12.1 Å². The van der Waals surface area contributed by atoms with Gasteiger partial charge in [0.05, 0.1) is 5.39 Å². The number of hydrogen-bond acceptors (Lipinski definition) is 3. The van der Waals surface area contributed by atoms with Gasteiger partial charge in [-0.25, -0.2) is 0 Å². The molecule has 0 saturated heterocycles. The first-order valence-corrected chi connectivity index (χ1v) is 6.87. The SMILES string of the molecule is CCc1oc2ccccc2c(=O)c1C(=O)c1ccccc1. The summed E-state index contributed by atoms with van der Waals surface area (Å²) < 4.78 is 5.74. The van der Waals surface area contributed by atoms with Crippen LogP contribution in [0.2, 0.25) is 0 Å². The molecule has 2 aromatic carbocycles. The fourth-order valence-electron chi connectivity index (χ4n) is 2.40. The molecule has 0 spiro atoms. The van der Waals surface area contributed by atoms with Crippen molar-refractivity contribution in [2.75, 3.05) is 0 Å². The third-order valence-electron chi connectivity index (χ3n) is 3.45. The zero-order chi connectivity index (χ0) is 14.8. The molecule has 3 aromatic rings. The Balaban J connectivity index is 2.29. The molecule has 104 valence electrons. The molecule has 0 saturated carbocycles. The fraction of sp³-hybridized carbons (Fsp3) is 0.111. The van der Waals surface area contributed by atoms with E-state index in [-0.39, 0.29) is 16.8 Å². The minimum absolute atomic E-state index is 0.141. The van der Waals surface area contributed by atoms with Crippen molar-refractivity contribution in [1.29, 1.82) is 0 Å². The average Bonchev–Trinajstić information content (AvgIpc) is 2.55. The molecule has 0 radical (unpaired) electrons. The lowest BCUT2D eigenvalue weighted by molar-refractivity contribution is 0.103. The van der Waals surface area contributed by atoms with Gasteiger partial charge in [0.15, 0.2) is 5.78 Å². The van der Waals surface area contributed by atoms with Crippen LogP contribution in [0.15, 0.2) is 63.8 Å². The van der Waals surface area contributed by atoms with E-state index in [0.717, 1.165) is 0 Å². The highest BCUT2D eigenvalue weighted by molar-refractivity contribution is 6.10.